The maximum atomic E-state index is 13.0. The quantitative estimate of drug-likeness (QED) is 0.546. The average molecular weight is 424 g/mol. The van der Waals surface area contributed by atoms with Crippen LogP contribution >= 0.6 is 11.3 Å². The molecule has 0 N–H and O–H groups in total. The number of hydrogen-bond donors (Lipinski definition) is 0. The molecule has 1 aliphatic heterocycles. The van der Waals surface area contributed by atoms with Crippen LogP contribution in [-0.4, -0.2) is 60.6 Å². The first-order valence-corrected chi connectivity index (χ1v) is 11.4. The van der Waals surface area contributed by atoms with Gasteiger partial charge in [-0.2, -0.15) is 0 Å². The molecule has 1 aliphatic rings. The Balaban J connectivity index is 1.32. The number of nitrogens with zero attached hydrogens (tertiary/aromatic N) is 3. The lowest BCUT2D eigenvalue weighted by Crippen LogP contribution is -2.43. The van der Waals surface area contributed by atoms with Crippen molar-refractivity contribution >= 4 is 27.5 Å². The van der Waals surface area contributed by atoms with Gasteiger partial charge in [0.2, 0.25) is 5.91 Å². The van der Waals surface area contributed by atoms with Crippen molar-refractivity contribution in [3.63, 3.8) is 0 Å². The van der Waals surface area contributed by atoms with Crippen molar-refractivity contribution in [3.8, 4) is 0 Å². The van der Waals surface area contributed by atoms with Gasteiger partial charge in [0, 0.05) is 26.1 Å². The lowest BCUT2D eigenvalue weighted by molar-refractivity contribution is -0.134. The molecule has 2 aromatic carbocycles. The Morgan fingerprint density at radius 3 is 2.60 bits per heavy atom. The molecule has 2 heterocycles. The van der Waals surface area contributed by atoms with Crippen LogP contribution in [0.5, 0.6) is 0 Å². The van der Waals surface area contributed by atoms with Crippen molar-refractivity contribution in [2.45, 2.75) is 25.3 Å². The first-order valence-electron chi connectivity index (χ1n) is 10.6. The first-order chi connectivity index (χ1) is 14.7. The highest BCUT2D eigenvalue weighted by atomic mass is 32.1. The highest BCUT2D eigenvalue weighted by molar-refractivity contribution is 7.18. The highest BCUT2D eigenvalue weighted by Crippen LogP contribution is 2.33. The molecule has 1 fully saturated rings. The third-order valence-corrected chi connectivity index (χ3v) is 6.94. The van der Waals surface area contributed by atoms with Crippen molar-refractivity contribution in [2.24, 2.45) is 0 Å². The number of thiazole rings is 1. The zero-order chi connectivity index (χ0) is 20.8. The van der Waals surface area contributed by atoms with Gasteiger partial charge >= 0.3 is 0 Å². The monoisotopic (exact) mass is 423 g/mol. The number of amides is 1. The Morgan fingerprint density at radius 2 is 1.87 bits per heavy atom. The number of hydrogen-bond acceptors (Lipinski definition) is 5. The number of ether oxygens (including phenoxy) is 1. The number of carbonyl (C=O) groups excluding carboxylic acids is 1. The molecule has 1 aromatic heterocycles. The van der Waals surface area contributed by atoms with Crippen molar-refractivity contribution in [2.75, 3.05) is 39.9 Å². The summed E-state index contributed by atoms with van der Waals surface area (Å²) in [4.78, 5) is 22.1. The van der Waals surface area contributed by atoms with Crippen LogP contribution in [-0.2, 0) is 16.1 Å². The molecule has 158 valence electrons. The summed E-state index contributed by atoms with van der Waals surface area (Å²) in [5.41, 5.74) is 2.25. The summed E-state index contributed by atoms with van der Waals surface area (Å²) in [5.74, 6) is 0.678. The molecule has 0 bridgehead atoms. The second-order valence-corrected chi connectivity index (χ2v) is 8.93. The molecule has 0 aliphatic carbocycles. The minimum absolute atomic E-state index is 0.175. The van der Waals surface area contributed by atoms with Crippen LogP contribution in [0.2, 0.25) is 0 Å². The van der Waals surface area contributed by atoms with Gasteiger partial charge in [0.15, 0.2) is 0 Å². The van der Waals surface area contributed by atoms with Gasteiger partial charge in [0.05, 0.1) is 28.4 Å². The normalized spacial score (nSPS) is 15.5. The molecule has 0 saturated carbocycles. The Hall–Kier alpha value is -2.28. The van der Waals surface area contributed by atoms with Crippen LogP contribution in [0.4, 0.5) is 0 Å². The van der Waals surface area contributed by atoms with Crippen LogP contribution in [0.1, 0.15) is 29.3 Å². The fourth-order valence-corrected chi connectivity index (χ4v) is 5.13. The number of likely N-dealkylation sites (tertiary alicyclic amines) is 1. The topological polar surface area (TPSA) is 45.7 Å². The number of fused-ring (bicyclic) bond motifs is 1. The van der Waals surface area contributed by atoms with E-state index in [1.165, 1.54) is 9.71 Å². The molecule has 4 rings (SSSR count). The first kappa shape index (κ1) is 21.0. The van der Waals surface area contributed by atoms with Gasteiger partial charge in [0.25, 0.3) is 0 Å². The molecular weight excluding hydrogens is 394 g/mol. The van der Waals surface area contributed by atoms with Gasteiger partial charge in [-0.15, -0.1) is 11.3 Å². The number of carbonyl (C=O) groups is 1. The van der Waals surface area contributed by atoms with Gasteiger partial charge < -0.3 is 9.64 Å². The van der Waals surface area contributed by atoms with E-state index in [1.807, 2.05) is 40.5 Å². The van der Waals surface area contributed by atoms with Gasteiger partial charge in [0.1, 0.15) is 0 Å². The zero-order valence-electron chi connectivity index (χ0n) is 17.5. The highest BCUT2D eigenvalue weighted by Gasteiger charge is 2.25. The fourth-order valence-electron chi connectivity index (χ4n) is 3.99. The van der Waals surface area contributed by atoms with Crippen LogP contribution in [0.15, 0.2) is 54.6 Å². The summed E-state index contributed by atoms with van der Waals surface area (Å²) in [6.45, 7) is 4.16. The zero-order valence-corrected chi connectivity index (χ0v) is 18.3. The van der Waals surface area contributed by atoms with Crippen molar-refractivity contribution in [3.05, 3.63) is 65.2 Å². The van der Waals surface area contributed by atoms with E-state index in [9.17, 15) is 4.79 Å². The minimum atomic E-state index is 0.175. The molecule has 6 heteroatoms. The summed E-state index contributed by atoms with van der Waals surface area (Å²) < 4.78 is 6.49. The van der Waals surface area contributed by atoms with Gasteiger partial charge in [-0.1, -0.05) is 42.5 Å². The fraction of sp³-hybridized carbons (Fsp3) is 0.417. The largest absolute Gasteiger partial charge is 0.383 e. The molecule has 0 radical (unpaired) electrons. The number of benzene rings is 2. The summed E-state index contributed by atoms with van der Waals surface area (Å²) in [6.07, 6.45) is 2.12. The van der Waals surface area contributed by atoms with Gasteiger partial charge in [-0.3, -0.25) is 9.69 Å². The molecule has 5 nitrogen and oxygen atoms in total. The molecule has 1 saturated heterocycles. The maximum Gasteiger partial charge on any atom is 0.237 e. The molecule has 0 atom stereocenters. The van der Waals surface area contributed by atoms with Crippen LogP contribution in [0.25, 0.3) is 10.2 Å². The van der Waals surface area contributed by atoms with Gasteiger partial charge in [-0.05, 0) is 43.6 Å². The van der Waals surface area contributed by atoms with Crippen molar-refractivity contribution < 1.29 is 9.53 Å². The second-order valence-electron chi connectivity index (χ2n) is 7.86. The molecule has 1 amide bonds. The molecular formula is C24H29N3O2S. The van der Waals surface area contributed by atoms with E-state index < -0.39 is 0 Å². The van der Waals surface area contributed by atoms with Crippen molar-refractivity contribution in [1.82, 2.24) is 14.8 Å². The molecule has 0 spiro atoms. The predicted octanol–water partition coefficient (Wildman–Crippen LogP) is 4.15. The number of piperidine rings is 1. The van der Waals surface area contributed by atoms with Crippen LogP contribution in [0, 0.1) is 0 Å². The van der Waals surface area contributed by atoms with Crippen LogP contribution < -0.4 is 0 Å². The molecule has 3 aromatic rings. The lowest BCUT2D eigenvalue weighted by atomic mass is 9.97. The SMILES string of the molecule is COCCN(Cc1ccccc1)C(=O)CN1CCC(c2nc3ccccc3s2)CC1. The summed E-state index contributed by atoms with van der Waals surface area (Å²) in [5, 5.41) is 1.24. The molecule has 30 heavy (non-hydrogen) atoms. The predicted molar refractivity (Wildman–Crippen MR) is 122 cm³/mol. The van der Waals surface area contributed by atoms with E-state index in [-0.39, 0.29) is 5.91 Å². The summed E-state index contributed by atoms with van der Waals surface area (Å²) in [7, 11) is 1.68. The Labute approximate surface area is 182 Å². The van der Waals surface area contributed by atoms with E-state index in [2.05, 4.69) is 35.2 Å². The number of aromatic nitrogens is 1. The van der Waals surface area contributed by atoms with E-state index in [4.69, 9.17) is 9.72 Å². The smallest absolute Gasteiger partial charge is 0.237 e. The maximum absolute atomic E-state index is 13.0. The standard InChI is InChI=1S/C24H29N3O2S/c1-29-16-15-27(17-19-7-3-2-4-8-19)23(28)18-26-13-11-20(12-14-26)24-25-21-9-5-6-10-22(21)30-24/h2-10,20H,11-18H2,1H3. The lowest BCUT2D eigenvalue weighted by Gasteiger charge is -2.32. The van der Waals surface area contributed by atoms with Gasteiger partial charge in [-0.25, -0.2) is 4.98 Å². The third kappa shape index (κ3) is 5.25. The molecule has 0 unspecified atom stereocenters. The number of methoxy groups -OCH3 is 1. The Kier molecular flexibility index (Phi) is 7.10. The number of para-hydroxylation sites is 1. The second kappa shape index (κ2) is 10.2. The Bertz CT molecular complexity index is 918. The Morgan fingerprint density at radius 1 is 1.13 bits per heavy atom. The average Bonchev–Trinajstić information content (AvgIpc) is 3.22. The van der Waals surface area contributed by atoms with E-state index >= 15 is 0 Å². The van der Waals surface area contributed by atoms with E-state index in [1.54, 1.807) is 7.11 Å². The minimum Gasteiger partial charge on any atom is -0.383 e. The summed E-state index contributed by atoms with van der Waals surface area (Å²) in [6, 6.07) is 18.5. The van der Waals surface area contributed by atoms with Crippen molar-refractivity contribution in [1.29, 1.82) is 0 Å². The number of rotatable bonds is 8. The summed E-state index contributed by atoms with van der Waals surface area (Å²) >= 11 is 1.82. The third-order valence-electron chi connectivity index (χ3n) is 5.74. The van der Waals surface area contributed by atoms with E-state index in [0.717, 1.165) is 37.0 Å². The van der Waals surface area contributed by atoms with Crippen LogP contribution in [0.3, 0.4) is 0 Å². The van der Waals surface area contributed by atoms with E-state index in [0.29, 0.717) is 32.2 Å².